The van der Waals surface area contributed by atoms with Gasteiger partial charge in [-0.3, -0.25) is 0 Å². The van der Waals surface area contributed by atoms with E-state index in [-0.39, 0.29) is 11.1 Å². The maximum atomic E-state index is 14.8. The molecule has 0 atom stereocenters. The Morgan fingerprint density at radius 1 is 0.633 bits per heavy atom. The van der Waals surface area contributed by atoms with Crippen molar-refractivity contribution in [3.63, 3.8) is 0 Å². The molecule has 4 aromatic carbocycles. The Kier molecular flexibility index (Phi) is 5.06. The number of rotatable bonds is 3. The summed E-state index contributed by atoms with van der Waals surface area (Å²) < 4.78 is 66.8. The van der Waals surface area contributed by atoms with Gasteiger partial charge >= 0.3 is 6.18 Å². The smallest absolute Gasteiger partial charge is 0.206 e. The molecule has 0 N–H and O–H groups in total. The van der Waals surface area contributed by atoms with E-state index in [0.29, 0.717) is 17.7 Å². The van der Waals surface area contributed by atoms with E-state index in [2.05, 4.69) is 19.1 Å². The summed E-state index contributed by atoms with van der Waals surface area (Å²) in [5.74, 6) is -2.06. The fourth-order valence-electron chi connectivity index (χ4n) is 3.54. The van der Waals surface area contributed by atoms with Crippen molar-refractivity contribution < 1.29 is 22.0 Å². The largest absolute Gasteiger partial charge is 0.419 e. The molecule has 0 saturated heterocycles. The normalized spacial score (nSPS) is 11.8. The van der Waals surface area contributed by atoms with Crippen LogP contribution in [0.3, 0.4) is 0 Å². The fourth-order valence-corrected chi connectivity index (χ4v) is 3.54. The van der Waals surface area contributed by atoms with Crippen molar-refractivity contribution >= 4 is 10.8 Å². The van der Waals surface area contributed by atoms with Crippen LogP contribution in [0.1, 0.15) is 18.1 Å². The first-order valence-electron chi connectivity index (χ1n) is 9.46. The molecule has 0 bridgehead atoms. The summed E-state index contributed by atoms with van der Waals surface area (Å²) in [4.78, 5) is 0. The fraction of sp³-hybridized carbons (Fsp3) is 0.120. The molecule has 0 aliphatic rings. The third-order valence-corrected chi connectivity index (χ3v) is 5.20. The highest BCUT2D eigenvalue weighted by molar-refractivity contribution is 5.88. The van der Waals surface area contributed by atoms with Crippen LogP contribution in [-0.4, -0.2) is 0 Å². The summed E-state index contributed by atoms with van der Waals surface area (Å²) in [6.45, 7) is 2.09. The molecular weight excluding hydrogens is 395 g/mol. The molecule has 4 aromatic rings. The van der Waals surface area contributed by atoms with Crippen LogP contribution in [0, 0.1) is 11.6 Å². The van der Waals surface area contributed by atoms with Gasteiger partial charge in [-0.1, -0.05) is 55.5 Å². The zero-order chi connectivity index (χ0) is 21.5. The molecule has 0 aliphatic heterocycles. The first-order valence-corrected chi connectivity index (χ1v) is 9.46. The minimum Gasteiger partial charge on any atom is -0.206 e. The van der Waals surface area contributed by atoms with Gasteiger partial charge in [0.1, 0.15) is 11.6 Å². The summed E-state index contributed by atoms with van der Waals surface area (Å²) in [5, 5.41) is 2.12. The summed E-state index contributed by atoms with van der Waals surface area (Å²) in [5.41, 5.74) is 1.40. The van der Waals surface area contributed by atoms with E-state index < -0.39 is 23.4 Å². The highest BCUT2D eigenvalue weighted by atomic mass is 19.4. The number of benzene rings is 4. The zero-order valence-corrected chi connectivity index (χ0v) is 16.0. The van der Waals surface area contributed by atoms with Crippen molar-refractivity contribution in [2.24, 2.45) is 0 Å². The second kappa shape index (κ2) is 7.56. The minimum atomic E-state index is -4.79. The van der Waals surface area contributed by atoms with Crippen LogP contribution < -0.4 is 0 Å². The number of fused-ring (bicyclic) bond motifs is 1. The van der Waals surface area contributed by atoms with E-state index >= 15 is 0 Å². The average Bonchev–Trinajstić information content (AvgIpc) is 2.71. The second-order valence-electron chi connectivity index (χ2n) is 7.14. The zero-order valence-electron chi connectivity index (χ0n) is 16.0. The van der Waals surface area contributed by atoms with Crippen LogP contribution in [0.2, 0.25) is 0 Å². The van der Waals surface area contributed by atoms with Crippen LogP contribution >= 0.6 is 0 Å². The molecule has 0 amide bonds. The first kappa shape index (κ1) is 20.1. The van der Waals surface area contributed by atoms with Gasteiger partial charge in [0.05, 0.1) is 5.56 Å². The first-order chi connectivity index (χ1) is 14.3. The van der Waals surface area contributed by atoms with Gasteiger partial charge < -0.3 is 0 Å². The number of halogens is 5. The van der Waals surface area contributed by atoms with E-state index in [9.17, 15) is 22.0 Å². The predicted molar refractivity (Wildman–Crippen MR) is 109 cm³/mol. The number of alkyl halides is 3. The van der Waals surface area contributed by atoms with Crippen LogP contribution in [0.5, 0.6) is 0 Å². The Morgan fingerprint density at radius 3 is 1.90 bits per heavy atom. The topological polar surface area (TPSA) is 0 Å². The minimum absolute atomic E-state index is 0.0414. The van der Waals surface area contributed by atoms with Gasteiger partial charge in [0, 0.05) is 5.56 Å². The highest BCUT2D eigenvalue weighted by Gasteiger charge is 2.34. The Labute approximate surface area is 170 Å². The maximum Gasteiger partial charge on any atom is 0.419 e. The Hall–Kier alpha value is -3.21. The monoisotopic (exact) mass is 412 g/mol. The van der Waals surface area contributed by atoms with Gasteiger partial charge in [0.25, 0.3) is 0 Å². The molecule has 152 valence electrons. The second-order valence-corrected chi connectivity index (χ2v) is 7.14. The van der Waals surface area contributed by atoms with Crippen LogP contribution in [0.4, 0.5) is 22.0 Å². The van der Waals surface area contributed by atoms with Crippen molar-refractivity contribution in [1.29, 1.82) is 0 Å². The molecule has 0 heterocycles. The SMILES string of the molecule is CCc1ccc2cc(-c3ccc(-c4ccc(C(F)(F)F)c(F)c4)c(F)c3)ccc2c1. The third-order valence-electron chi connectivity index (χ3n) is 5.20. The molecule has 0 aliphatic carbocycles. The summed E-state index contributed by atoms with van der Waals surface area (Å²) in [6, 6.07) is 18.9. The molecule has 30 heavy (non-hydrogen) atoms. The molecule has 4 rings (SSSR count). The molecule has 5 heteroatoms. The lowest BCUT2D eigenvalue weighted by Gasteiger charge is -2.11. The van der Waals surface area contributed by atoms with Crippen molar-refractivity contribution in [3.05, 3.63) is 95.6 Å². The predicted octanol–water partition coefficient (Wildman–Crippen LogP) is 8.03. The Morgan fingerprint density at radius 2 is 1.23 bits per heavy atom. The van der Waals surface area contributed by atoms with E-state index in [1.807, 2.05) is 24.3 Å². The molecule has 0 spiro atoms. The van der Waals surface area contributed by atoms with Crippen LogP contribution in [0.25, 0.3) is 33.0 Å². The van der Waals surface area contributed by atoms with Crippen LogP contribution in [0.15, 0.2) is 72.8 Å². The highest BCUT2D eigenvalue weighted by Crippen LogP contribution is 2.35. The van der Waals surface area contributed by atoms with Gasteiger partial charge in [-0.2, -0.15) is 13.2 Å². The molecular formula is C25H17F5. The number of aryl methyl sites for hydroxylation is 1. The van der Waals surface area contributed by atoms with Gasteiger partial charge in [-0.15, -0.1) is 0 Å². The van der Waals surface area contributed by atoms with Crippen LogP contribution in [-0.2, 0) is 12.6 Å². The molecule has 0 nitrogen and oxygen atoms in total. The molecule has 0 fully saturated rings. The summed E-state index contributed by atoms with van der Waals surface area (Å²) >= 11 is 0. The lowest BCUT2D eigenvalue weighted by molar-refractivity contribution is -0.139. The quantitative estimate of drug-likeness (QED) is 0.299. The maximum absolute atomic E-state index is 14.8. The lowest BCUT2D eigenvalue weighted by atomic mass is 9.96. The van der Waals surface area contributed by atoms with Gasteiger partial charge in [0.15, 0.2) is 0 Å². The Balaban J connectivity index is 1.70. The molecule has 0 aromatic heterocycles. The number of hydrogen-bond acceptors (Lipinski definition) is 0. The molecule has 0 unspecified atom stereocenters. The van der Waals surface area contributed by atoms with Gasteiger partial charge in [-0.05, 0) is 63.7 Å². The van der Waals surface area contributed by atoms with Gasteiger partial charge in [0.2, 0.25) is 0 Å². The molecule has 0 radical (unpaired) electrons. The third kappa shape index (κ3) is 3.80. The average molecular weight is 412 g/mol. The van der Waals surface area contributed by atoms with Crippen molar-refractivity contribution in [1.82, 2.24) is 0 Å². The van der Waals surface area contributed by atoms with E-state index in [1.165, 1.54) is 17.7 Å². The summed E-state index contributed by atoms with van der Waals surface area (Å²) in [7, 11) is 0. The Bertz CT molecular complexity index is 1240. The van der Waals surface area contributed by atoms with Crippen molar-refractivity contribution in [3.8, 4) is 22.3 Å². The van der Waals surface area contributed by atoms with Gasteiger partial charge in [-0.25, -0.2) is 8.78 Å². The standard InChI is InChI=1S/C25H17F5/c1-2-15-3-4-17-12-18(6-5-16(17)11-15)19-7-9-21(23(26)13-19)20-8-10-22(24(27)14-20)25(28,29)30/h3-14H,2H2,1H3. The van der Waals surface area contributed by atoms with E-state index in [1.54, 1.807) is 6.07 Å². The van der Waals surface area contributed by atoms with Crippen molar-refractivity contribution in [2.75, 3.05) is 0 Å². The lowest BCUT2D eigenvalue weighted by Crippen LogP contribution is -2.07. The summed E-state index contributed by atoms with van der Waals surface area (Å²) in [6.07, 6.45) is -3.85. The van der Waals surface area contributed by atoms with E-state index in [0.717, 1.165) is 28.8 Å². The molecule has 0 saturated carbocycles. The van der Waals surface area contributed by atoms with Crippen molar-refractivity contribution in [2.45, 2.75) is 19.5 Å². The number of hydrogen-bond donors (Lipinski definition) is 0. The van der Waals surface area contributed by atoms with E-state index in [4.69, 9.17) is 0 Å².